The predicted octanol–water partition coefficient (Wildman–Crippen LogP) is 1.08. The monoisotopic (exact) mass is 354 g/mol. The number of aryl methyl sites for hydroxylation is 1. The number of rotatable bonds is 2. The van der Waals surface area contributed by atoms with Gasteiger partial charge in [-0.15, -0.1) is 0 Å². The van der Waals surface area contributed by atoms with Crippen LogP contribution in [0.15, 0.2) is 22.6 Å². The average molecular weight is 354 g/mol. The topological polar surface area (TPSA) is 105 Å². The van der Waals surface area contributed by atoms with E-state index in [9.17, 15) is 22.4 Å². The molecule has 24 heavy (non-hydrogen) atoms. The Kier molecular flexibility index (Phi) is 4.04. The second-order valence-corrected chi connectivity index (χ2v) is 7.94. The van der Waals surface area contributed by atoms with Crippen LogP contribution in [0.3, 0.4) is 0 Å². The summed E-state index contributed by atoms with van der Waals surface area (Å²) in [5.74, 6) is -2.99. The number of halogens is 1. The van der Waals surface area contributed by atoms with Gasteiger partial charge in [-0.2, -0.15) is 0 Å². The Bertz CT molecular complexity index is 935. The Balaban J connectivity index is 1.71. The number of carbonyl (C=O) groups excluding carboxylic acids is 2. The third-order valence-electron chi connectivity index (χ3n) is 4.02. The molecule has 1 aliphatic heterocycles. The van der Waals surface area contributed by atoms with Gasteiger partial charge >= 0.3 is 5.91 Å². The van der Waals surface area contributed by atoms with Crippen LogP contribution in [0.5, 0.6) is 0 Å². The molecule has 2 amide bonds. The van der Waals surface area contributed by atoms with Crippen LogP contribution in [0.2, 0.25) is 0 Å². The number of hydrogen-bond donors (Lipinski definition) is 2. The summed E-state index contributed by atoms with van der Waals surface area (Å²) in [5.41, 5.74) is 4.78. The number of hydrazine groups is 1. The lowest BCUT2D eigenvalue weighted by molar-refractivity contribution is -0.125. The second kappa shape index (κ2) is 5.90. The third kappa shape index (κ3) is 2.99. The summed E-state index contributed by atoms with van der Waals surface area (Å²) in [5, 5.41) is 0.466. The van der Waals surface area contributed by atoms with Crippen molar-refractivity contribution in [3.05, 3.63) is 35.3 Å². The first-order chi connectivity index (χ1) is 11.3. The third-order valence-corrected chi connectivity index (χ3v) is 5.79. The zero-order valence-corrected chi connectivity index (χ0v) is 13.6. The van der Waals surface area contributed by atoms with Gasteiger partial charge in [0.05, 0.1) is 17.4 Å². The molecule has 0 bridgehead atoms. The lowest BCUT2D eigenvalue weighted by Crippen LogP contribution is -2.44. The molecule has 0 unspecified atom stereocenters. The van der Waals surface area contributed by atoms with Crippen LogP contribution in [-0.2, 0) is 14.6 Å². The minimum Gasteiger partial charge on any atom is -0.447 e. The lowest BCUT2D eigenvalue weighted by Gasteiger charge is -2.09. The zero-order valence-electron chi connectivity index (χ0n) is 12.8. The van der Waals surface area contributed by atoms with Gasteiger partial charge in [-0.05, 0) is 19.4 Å². The standard InChI is InChI=1S/C15H15FN2O5S/c1-8-10-3-2-4-11(16)13(10)23-12(8)15(20)18-17-14(19)9-5-6-24(21,22)7-9/h2-4,9H,5-7H2,1H3,(H,17,19)(H,18,20)/t9-/m1/s1. The maximum absolute atomic E-state index is 13.7. The van der Waals surface area contributed by atoms with E-state index in [2.05, 4.69) is 10.9 Å². The van der Waals surface area contributed by atoms with Gasteiger partial charge in [-0.1, -0.05) is 12.1 Å². The molecule has 7 nitrogen and oxygen atoms in total. The van der Waals surface area contributed by atoms with Crippen LogP contribution in [0.1, 0.15) is 22.5 Å². The van der Waals surface area contributed by atoms with Crippen molar-refractivity contribution < 1.29 is 26.8 Å². The van der Waals surface area contributed by atoms with Gasteiger partial charge in [0.25, 0.3) is 0 Å². The summed E-state index contributed by atoms with van der Waals surface area (Å²) in [7, 11) is -3.19. The van der Waals surface area contributed by atoms with Gasteiger partial charge in [0.15, 0.2) is 27.0 Å². The molecule has 1 aromatic heterocycles. The first-order valence-electron chi connectivity index (χ1n) is 7.27. The lowest BCUT2D eigenvalue weighted by atomic mass is 10.1. The van der Waals surface area contributed by atoms with E-state index in [0.29, 0.717) is 10.9 Å². The fraction of sp³-hybridized carbons (Fsp3) is 0.333. The number of nitrogens with one attached hydrogen (secondary N) is 2. The zero-order chi connectivity index (χ0) is 17.5. The van der Waals surface area contributed by atoms with E-state index in [1.165, 1.54) is 12.1 Å². The highest BCUT2D eigenvalue weighted by atomic mass is 32.2. The summed E-state index contributed by atoms with van der Waals surface area (Å²) in [6.07, 6.45) is 0.221. The van der Waals surface area contributed by atoms with Crippen molar-refractivity contribution in [2.24, 2.45) is 5.92 Å². The number of furan rings is 1. The second-order valence-electron chi connectivity index (χ2n) is 5.72. The highest BCUT2D eigenvalue weighted by Gasteiger charge is 2.33. The number of benzene rings is 1. The van der Waals surface area contributed by atoms with Crippen LogP contribution in [-0.4, -0.2) is 31.7 Å². The molecule has 3 rings (SSSR count). The minimum absolute atomic E-state index is 0.0339. The summed E-state index contributed by atoms with van der Waals surface area (Å²) < 4.78 is 41.7. The van der Waals surface area contributed by atoms with Gasteiger partial charge in [0.1, 0.15) is 0 Å². The molecule has 1 fully saturated rings. The maximum atomic E-state index is 13.7. The van der Waals surface area contributed by atoms with E-state index in [1.54, 1.807) is 13.0 Å². The van der Waals surface area contributed by atoms with Gasteiger partial charge in [0, 0.05) is 10.9 Å². The fourth-order valence-electron chi connectivity index (χ4n) is 2.70. The van der Waals surface area contributed by atoms with Crippen LogP contribution < -0.4 is 10.9 Å². The number of amides is 2. The van der Waals surface area contributed by atoms with Gasteiger partial charge in [-0.3, -0.25) is 20.4 Å². The summed E-state index contributed by atoms with van der Waals surface area (Å²) >= 11 is 0. The van der Waals surface area contributed by atoms with Crippen LogP contribution >= 0.6 is 0 Å². The molecule has 0 radical (unpaired) electrons. The first kappa shape index (κ1) is 16.4. The van der Waals surface area contributed by atoms with Crippen molar-refractivity contribution in [1.29, 1.82) is 0 Å². The Morgan fingerprint density at radius 3 is 2.67 bits per heavy atom. The van der Waals surface area contributed by atoms with Crippen molar-refractivity contribution in [2.45, 2.75) is 13.3 Å². The highest BCUT2D eigenvalue weighted by Crippen LogP contribution is 2.27. The Morgan fingerprint density at radius 2 is 2.04 bits per heavy atom. The molecular formula is C15H15FN2O5S. The van der Waals surface area contributed by atoms with E-state index >= 15 is 0 Å². The van der Waals surface area contributed by atoms with E-state index < -0.39 is 33.4 Å². The number of carbonyl (C=O) groups is 2. The average Bonchev–Trinajstić information content (AvgIpc) is 3.06. The van der Waals surface area contributed by atoms with Gasteiger partial charge in [0.2, 0.25) is 5.91 Å². The van der Waals surface area contributed by atoms with E-state index in [1.807, 2.05) is 0 Å². The molecule has 2 N–H and O–H groups in total. The minimum atomic E-state index is -3.19. The normalized spacial score (nSPS) is 19.3. The van der Waals surface area contributed by atoms with Gasteiger partial charge < -0.3 is 4.42 Å². The van der Waals surface area contributed by atoms with Gasteiger partial charge in [-0.25, -0.2) is 12.8 Å². The van der Waals surface area contributed by atoms with Crippen LogP contribution in [0.25, 0.3) is 11.0 Å². The Labute approximate surface area is 137 Å². The summed E-state index contributed by atoms with van der Waals surface area (Å²) in [4.78, 5) is 24.0. The van der Waals surface area contributed by atoms with E-state index in [0.717, 1.165) is 0 Å². The van der Waals surface area contributed by atoms with E-state index in [-0.39, 0.29) is 29.3 Å². The van der Waals surface area contributed by atoms with Crippen molar-refractivity contribution in [1.82, 2.24) is 10.9 Å². The maximum Gasteiger partial charge on any atom is 0.305 e. The van der Waals surface area contributed by atoms with Crippen molar-refractivity contribution in [3.63, 3.8) is 0 Å². The molecule has 1 saturated heterocycles. The molecular weight excluding hydrogens is 339 g/mol. The molecule has 1 atom stereocenters. The van der Waals surface area contributed by atoms with E-state index in [4.69, 9.17) is 4.42 Å². The van der Waals surface area contributed by atoms with Crippen LogP contribution in [0.4, 0.5) is 4.39 Å². The Morgan fingerprint density at radius 1 is 1.29 bits per heavy atom. The largest absolute Gasteiger partial charge is 0.447 e. The molecule has 1 aliphatic rings. The Hall–Kier alpha value is -2.42. The summed E-state index contributed by atoms with van der Waals surface area (Å²) in [6.45, 7) is 1.60. The van der Waals surface area contributed by atoms with Crippen LogP contribution in [0, 0.1) is 18.7 Å². The molecule has 9 heteroatoms. The van der Waals surface area contributed by atoms with Crippen molar-refractivity contribution in [2.75, 3.05) is 11.5 Å². The number of hydrogen-bond acceptors (Lipinski definition) is 5. The molecule has 2 aromatic rings. The molecule has 0 spiro atoms. The fourth-order valence-corrected chi connectivity index (χ4v) is 4.45. The SMILES string of the molecule is Cc1c(C(=O)NNC(=O)[C@@H]2CCS(=O)(=O)C2)oc2c(F)cccc12. The molecule has 2 heterocycles. The number of sulfone groups is 1. The number of para-hydroxylation sites is 1. The molecule has 1 aromatic carbocycles. The smallest absolute Gasteiger partial charge is 0.305 e. The predicted molar refractivity (Wildman–Crippen MR) is 83.3 cm³/mol. The first-order valence-corrected chi connectivity index (χ1v) is 9.09. The number of fused-ring (bicyclic) bond motifs is 1. The molecule has 128 valence electrons. The highest BCUT2D eigenvalue weighted by molar-refractivity contribution is 7.91. The molecule has 0 aliphatic carbocycles. The van der Waals surface area contributed by atoms with Crippen molar-refractivity contribution in [3.8, 4) is 0 Å². The quantitative estimate of drug-likeness (QED) is 0.785. The molecule has 0 saturated carbocycles. The van der Waals surface area contributed by atoms with Crippen molar-refractivity contribution >= 4 is 32.6 Å². The summed E-state index contributed by atoms with van der Waals surface area (Å²) in [6, 6.07) is 4.34.